The molecular formula is C17H23O2. The molecule has 0 aliphatic carbocycles. The number of phenolic OH excluding ortho intramolecular Hbond substituents is 1. The fourth-order valence-corrected chi connectivity index (χ4v) is 2.12. The first-order chi connectivity index (χ1) is 8.57. The predicted molar refractivity (Wildman–Crippen MR) is 80.2 cm³/mol. The fraction of sp³-hybridized carbons (Fsp3) is 0.471. The Balaban J connectivity index is 3.55. The van der Waals surface area contributed by atoms with Gasteiger partial charge in [0.15, 0.2) is 0 Å². The van der Waals surface area contributed by atoms with E-state index in [0.717, 1.165) is 16.7 Å². The lowest BCUT2D eigenvalue weighted by molar-refractivity contribution is 0.443. The third kappa shape index (κ3) is 3.69. The van der Waals surface area contributed by atoms with Gasteiger partial charge in [-0.05, 0) is 45.7 Å². The fourth-order valence-electron chi connectivity index (χ4n) is 2.12. The van der Waals surface area contributed by atoms with Crippen molar-refractivity contribution >= 4 is 12.4 Å². The Hall–Kier alpha value is -1.57. The molecule has 0 aliphatic heterocycles. The lowest BCUT2D eigenvalue weighted by Crippen LogP contribution is -2.16. The summed E-state index contributed by atoms with van der Waals surface area (Å²) in [6.07, 6.45) is 4.90. The minimum absolute atomic E-state index is 0.101. The molecule has 0 heterocycles. The normalized spacial score (nSPS) is 12.9. The van der Waals surface area contributed by atoms with Crippen molar-refractivity contribution in [1.29, 1.82) is 0 Å². The molecule has 0 atom stereocenters. The van der Waals surface area contributed by atoms with Gasteiger partial charge in [0.2, 0.25) is 6.29 Å². The van der Waals surface area contributed by atoms with Gasteiger partial charge in [-0.15, -0.1) is 0 Å². The molecule has 0 fully saturated rings. The summed E-state index contributed by atoms with van der Waals surface area (Å²) in [5, 5.41) is 10.2. The molecule has 0 aliphatic rings. The Morgan fingerprint density at radius 3 is 1.95 bits per heavy atom. The zero-order chi connectivity index (χ0) is 14.8. The Labute approximate surface area is 116 Å². The van der Waals surface area contributed by atoms with E-state index in [0.29, 0.717) is 5.75 Å². The van der Waals surface area contributed by atoms with Crippen LogP contribution in [0.15, 0.2) is 18.2 Å². The van der Waals surface area contributed by atoms with Crippen molar-refractivity contribution in [3.05, 3.63) is 34.9 Å². The van der Waals surface area contributed by atoms with Crippen molar-refractivity contribution < 1.29 is 9.90 Å². The zero-order valence-electron chi connectivity index (χ0n) is 12.7. The molecule has 1 radical (unpaired) electrons. The molecule has 1 aromatic carbocycles. The number of aromatic hydroxyl groups is 1. The maximum absolute atomic E-state index is 10.4. The Morgan fingerprint density at radius 2 is 1.53 bits per heavy atom. The van der Waals surface area contributed by atoms with Gasteiger partial charge < -0.3 is 5.11 Å². The maximum atomic E-state index is 10.4. The molecule has 0 amide bonds. The number of carbonyl (C=O) groups excluding carboxylic acids is 1. The van der Waals surface area contributed by atoms with Crippen LogP contribution in [0.5, 0.6) is 5.75 Å². The summed E-state index contributed by atoms with van der Waals surface area (Å²) in [5.74, 6) is 0.310. The van der Waals surface area contributed by atoms with Crippen LogP contribution in [0.2, 0.25) is 0 Å². The summed E-state index contributed by atoms with van der Waals surface area (Å²) in [6, 6.07) is 3.77. The van der Waals surface area contributed by atoms with Crippen molar-refractivity contribution in [1.82, 2.24) is 0 Å². The van der Waals surface area contributed by atoms with E-state index in [1.165, 1.54) is 6.08 Å². The molecule has 0 spiro atoms. The van der Waals surface area contributed by atoms with Crippen molar-refractivity contribution in [3.8, 4) is 5.75 Å². The Bertz CT molecular complexity index is 497. The highest BCUT2D eigenvalue weighted by Gasteiger charge is 2.24. The van der Waals surface area contributed by atoms with Gasteiger partial charge in [-0.2, -0.15) is 0 Å². The second kappa shape index (κ2) is 5.20. The summed E-state index contributed by atoms with van der Waals surface area (Å²) in [4.78, 5) is 10.4. The highest BCUT2D eigenvalue weighted by atomic mass is 16.3. The first-order valence-electron chi connectivity index (χ1n) is 6.49. The number of hydrogen-bond acceptors (Lipinski definition) is 2. The van der Waals surface area contributed by atoms with Gasteiger partial charge in [-0.25, -0.2) is 0 Å². The standard InChI is InChI=1S/C17H23O2/c1-16(2,3)13-11-15(19)14(17(4,5)6)10-12(13)8-7-9-18/h7-8,10-11,19H,1-6H3. The average Bonchev–Trinajstić information content (AvgIpc) is 2.24. The van der Waals surface area contributed by atoms with Crippen LogP contribution in [0.3, 0.4) is 0 Å². The lowest BCUT2D eigenvalue weighted by Gasteiger charge is -2.27. The third-order valence-electron chi connectivity index (χ3n) is 3.11. The third-order valence-corrected chi connectivity index (χ3v) is 3.11. The van der Waals surface area contributed by atoms with Gasteiger partial charge in [0.25, 0.3) is 0 Å². The van der Waals surface area contributed by atoms with Gasteiger partial charge >= 0.3 is 0 Å². The monoisotopic (exact) mass is 259 g/mol. The molecule has 103 valence electrons. The van der Waals surface area contributed by atoms with Crippen LogP contribution in [0.25, 0.3) is 6.08 Å². The van der Waals surface area contributed by atoms with Crippen LogP contribution in [0, 0.1) is 0 Å². The molecule has 2 nitrogen and oxygen atoms in total. The molecule has 0 unspecified atom stereocenters. The summed E-state index contributed by atoms with van der Waals surface area (Å²) >= 11 is 0. The van der Waals surface area contributed by atoms with Crippen LogP contribution in [0.4, 0.5) is 0 Å². The molecule has 0 bridgehead atoms. The van der Waals surface area contributed by atoms with Crippen molar-refractivity contribution in [2.75, 3.05) is 0 Å². The Kier molecular flexibility index (Phi) is 4.24. The van der Waals surface area contributed by atoms with E-state index in [1.807, 2.05) is 12.1 Å². The van der Waals surface area contributed by atoms with Crippen LogP contribution in [-0.4, -0.2) is 11.4 Å². The summed E-state index contributed by atoms with van der Waals surface area (Å²) in [6.45, 7) is 12.4. The molecular weight excluding hydrogens is 236 g/mol. The molecule has 0 saturated carbocycles. The average molecular weight is 259 g/mol. The van der Waals surface area contributed by atoms with Gasteiger partial charge in [-0.1, -0.05) is 47.6 Å². The maximum Gasteiger partial charge on any atom is 0.225 e. The summed E-state index contributed by atoms with van der Waals surface area (Å²) < 4.78 is 0. The first-order valence-corrected chi connectivity index (χ1v) is 6.49. The molecule has 0 aromatic heterocycles. The molecule has 19 heavy (non-hydrogen) atoms. The number of benzene rings is 1. The number of allylic oxidation sites excluding steroid dienone is 1. The highest BCUT2D eigenvalue weighted by Crippen LogP contribution is 2.37. The molecule has 1 rings (SSSR count). The van der Waals surface area contributed by atoms with Crippen molar-refractivity contribution in [2.24, 2.45) is 0 Å². The van der Waals surface area contributed by atoms with Gasteiger partial charge in [0.1, 0.15) is 5.75 Å². The second-order valence-electron chi connectivity index (χ2n) is 6.91. The summed E-state index contributed by atoms with van der Waals surface area (Å²) in [7, 11) is 0. The summed E-state index contributed by atoms with van der Waals surface area (Å²) in [5.41, 5.74) is 2.61. The van der Waals surface area contributed by atoms with E-state index in [2.05, 4.69) is 41.5 Å². The topological polar surface area (TPSA) is 37.3 Å². The van der Waals surface area contributed by atoms with Crippen molar-refractivity contribution in [3.63, 3.8) is 0 Å². The number of phenols is 1. The molecule has 0 saturated heterocycles. The Morgan fingerprint density at radius 1 is 1.00 bits per heavy atom. The number of hydrogen-bond donors (Lipinski definition) is 1. The smallest absolute Gasteiger partial charge is 0.225 e. The van der Waals surface area contributed by atoms with E-state index in [4.69, 9.17) is 0 Å². The van der Waals surface area contributed by atoms with Crippen LogP contribution in [-0.2, 0) is 15.6 Å². The van der Waals surface area contributed by atoms with Gasteiger partial charge in [0.05, 0.1) is 0 Å². The van der Waals surface area contributed by atoms with Crippen LogP contribution < -0.4 is 0 Å². The quantitative estimate of drug-likeness (QED) is 0.811. The number of rotatable bonds is 2. The zero-order valence-corrected chi connectivity index (χ0v) is 12.7. The second-order valence-corrected chi connectivity index (χ2v) is 6.91. The van der Waals surface area contributed by atoms with Gasteiger partial charge in [0, 0.05) is 0 Å². The molecule has 1 aromatic rings. The molecule has 2 heteroatoms. The van der Waals surface area contributed by atoms with E-state index in [9.17, 15) is 9.90 Å². The SMILES string of the molecule is CC(C)(C)c1cc(C=C[C]=O)c(C(C)(C)C)cc1O. The largest absolute Gasteiger partial charge is 0.508 e. The highest BCUT2D eigenvalue weighted by molar-refractivity contribution is 5.76. The van der Waals surface area contributed by atoms with Crippen LogP contribution in [0.1, 0.15) is 58.2 Å². The molecule has 1 N–H and O–H groups in total. The van der Waals surface area contributed by atoms with Crippen LogP contribution >= 0.6 is 0 Å². The predicted octanol–water partition coefficient (Wildman–Crippen LogP) is 4.11. The van der Waals surface area contributed by atoms with E-state index in [1.54, 1.807) is 12.4 Å². The van der Waals surface area contributed by atoms with E-state index in [-0.39, 0.29) is 10.8 Å². The lowest BCUT2D eigenvalue weighted by atomic mass is 9.78. The first kappa shape index (κ1) is 15.5. The van der Waals surface area contributed by atoms with E-state index >= 15 is 0 Å². The minimum atomic E-state index is -0.145. The minimum Gasteiger partial charge on any atom is -0.508 e. The van der Waals surface area contributed by atoms with Gasteiger partial charge in [-0.3, -0.25) is 4.79 Å². The van der Waals surface area contributed by atoms with Crippen molar-refractivity contribution in [2.45, 2.75) is 52.4 Å². The van der Waals surface area contributed by atoms with E-state index < -0.39 is 0 Å².